The van der Waals surface area contributed by atoms with E-state index in [2.05, 4.69) is 10.00 Å². The Kier molecular flexibility index (Phi) is 3.32. The molecule has 2 saturated heterocycles. The lowest BCUT2D eigenvalue weighted by Gasteiger charge is -2.38. The number of rotatable bonds is 3. The van der Waals surface area contributed by atoms with Gasteiger partial charge in [-0.1, -0.05) is 6.42 Å². The van der Waals surface area contributed by atoms with Gasteiger partial charge in [0.05, 0.1) is 13.2 Å². The molecule has 2 aliphatic rings. The number of cyclic esters (lactones) is 1. The molecule has 0 spiro atoms. The number of piperidine rings is 1. The number of ether oxygens (including phenoxy) is 1. The molecule has 5 heteroatoms. The van der Waals surface area contributed by atoms with E-state index >= 15 is 0 Å². The van der Waals surface area contributed by atoms with Crippen LogP contribution in [0, 0.1) is 0 Å². The van der Waals surface area contributed by atoms with Crippen molar-refractivity contribution < 1.29 is 9.53 Å². The monoisotopic (exact) mass is 249 g/mol. The molecule has 0 N–H and O–H groups in total. The Hall–Kier alpha value is -1.36. The van der Waals surface area contributed by atoms with Crippen molar-refractivity contribution in [2.24, 2.45) is 0 Å². The molecule has 5 nitrogen and oxygen atoms in total. The maximum absolute atomic E-state index is 11.7. The number of aromatic nitrogens is 2. The highest BCUT2D eigenvalue weighted by Gasteiger charge is 2.37. The van der Waals surface area contributed by atoms with E-state index in [1.807, 2.05) is 16.9 Å². The maximum atomic E-state index is 11.7. The van der Waals surface area contributed by atoms with Crippen molar-refractivity contribution in [3.05, 3.63) is 18.5 Å². The molecule has 0 aromatic carbocycles. The molecular formula is C13H19N3O2. The molecule has 3 heterocycles. The molecule has 0 bridgehead atoms. The summed E-state index contributed by atoms with van der Waals surface area (Å²) in [5, 5.41) is 4.26. The predicted octanol–water partition coefficient (Wildman–Crippen LogP) is 1.05. The van der Waals surface area contributed by atoms with Gasteiger partial charge in [0.1, 0.15) is 6.04 Å². The molecule has 2 aliphatic heterocycles. The third-order valence-electron chi connectivity index (χ3n) is 3.94. The number of hydrogen-bond donors (Lipinski definition) is 0. The molecule has 0 unspecified atom stereocenters. The summed E-state index contributed by atoms with van der Waals surface area (Å²) in [6.45, 7) is 2.46. The number of carbonyl (C=O) groups is 1. The van der Waals surface area contributed by atoms with E-state index in [0.29, 0.717) is 12.6 Å². The maximum Gasteiger partial charge on any atom is 0.323 e. The van der Waals surface area contributed by atoms with Crippen molar-refractivity contribution in [3.8, 4) is 0 Å². The lowest BCUT2D eigenvalue weighted by molar-refractivity contribution is -0.143. The summed E-state index contributed by atoms with van der Waals surface area (Å²) in [6, 6.07) is 2.33. The molecule has 0 saturated carbocycles. The zero-order valence-corrected chi connectivity index (χ0v) is 10.5. The van der Waals surface area contributed by atoms with Gasteiger partial charge in [0.15, 0.2) is 0 Å². The van der Waals surface area contributed by atoms with Gasteiger partial charge in [-0.25, -0.2) is 0 Å². The number of esters is 1. The number of likely N-dealkylation sites (tertiary alicyclic amines) is 1. The fourth-order valence-electron chi connectivity index (χ4n) is 3.04. The second-order valence-corrected chi connectivity index (χ2v) is 5.09. The first kappa shape index (κ1) is 11.7. The first-order chi connectivity index (χ1) is 8.84. The molecule has 18 heavy (non-hydrogen) atoms. The summed E-state index contributed by atoms with van der Waals surface area (Å²) >= 11 is 0. The molecule has 2 fully saturated rings. The second-order valence-electron chi connectivity index (χ2n) is 5.09. The van der Waals surface area contributed by atoms with Crippen LogP contribution in [0.2, 0.25) is 0 Å². The van der Waals surface area contributed by atoms with E-state index in [1.165, 1.54) is 12.8 Å². The minimum atomic E-state index is -0.0395. The van der Waals surface area contributed by atoms with Crippen LogP contribution in [0.25, 0.3) is 0 Å². The van der Waals surface area contributed by atoms with Crippen LogP contribution >= 0.6 is 0 Å². The minimum absolute atomic E-state index is 0.0223. The molecule has 3 rings (SSSR count). The summed E-state index contributed by atoms with van der Waals surface area (Å²) in [5.41, 5.74) is 0. The minimum Gasteiger partial charge on any atom is -0.464 e. The second kappa shape index (κ2) is 5.10. The van der Waals surface area contributed by atoms with Gasteiger partial charge in [0.2, 0.25) is 0 Å². The van der Waals surface area contributed by atoms with Crippen LogP contribution in [-0.2, 0) is 16.1 Å². The topological polar surface area (TPSA) is 47.4 Å². The smallest absolute Gasteiger partial charge is 0.323 e. The molecule has 1 aromatic rings. The Morgan fingerprint density at radius 3 is 3.06 bits per heavy atom. The average Bonchev–Trinajstić information content (AvgIpc) is 3.02. The van der Waals surface area contributed by atoms with Crippen LogP contribution < -0.4 is 0 Å². The zero-order valence-electron chi connectivity index (χ0n) is 10.5. The Balaban J connectivity index is 1.71. The Labute approximate surface area is 107 Å². The quantitative estimate of drug-likeness (QED) is 0.751. The molecule has 2 atom stereocenters. The van der Waals surface area contributed by atoms with Gasteiger partial charge in [0.25, 0.3) is 0 Å². The Morgan fingerprint density at radius 1 is 1.39 bits per heavy atom. The van der Waals surface area contributed by atoms with Crippen molar-refractivity contribution in [1.82, 2.24) is 14.7 Å². The van der Waals surface area contributed by atoms with Crippen molar-refractivity contribution >= 4 is 5.97 Å². The van der Waals surface area contributed by atoms with E-state index in [1.54, 1.807) is 6.20 Å². The van der Waals surface area contributed by atoms with E-state index in [4.69, 9.17) is 4.74 Å². The lowest BCUT2D eigenvalue weighted by Crippen LogP contribution is -2.49. The van der Waals surface area contributed by atoms with Crippen molar-refractivity contribution in [1.29, 1.82) is 0 Å². The normalized spacial score (nSPS) is 29.4. The Bertz CT molecular complexity index is 404. The number of hydrogen-bond acceptors (Lipinski definition) is 4. The summed E-state index contributed by atoms with van der Waals surface area (Å²) in [7, 11) is 0. The first-order valence-corrected chi connectivity index (χ1v) is 6.74. The first-order valence-electron chi connectivity index (χ1n) is 6.74. The van der Waals surface area contributed by atoms with Crippen molar-refractivity contribution in [2.75, 3.05) is 13.2 Å². The highest BCUT2D eigenvalue weighted by atomic mass is 16.5. The molecular weight excluding hydrogens is 230 g/mol. The van der Waals surface area contributed by atoms with E-state index in [9.17, 15) is 4.79 Å². The van der Waals surface area contributed by atoms with Gasteiger partial charge >= 0.3 is 5.97 Å². The van der Waals surface area contributed by atoms with Gasteiger partial charge < -0.3 is 4.74 Å². The highest BCUT2D eigenvalue weighted by molar-refractivity contribution is 5.77. The van der Waals surface area contributed by atoms with Gasteiger partial charge in [-0.15, -0.1) is 0 Å². The predicted molar refractivity (Wildman–Crippen MR) is 65.9 cm³/mol. The summed E-state index contributed by atoms with van der Waals surface area (Å²) in [4.78, 5) is 14.1. The standard InChI is InChI=1S/C13H19N3O2/c17-13-12(5-9-18-13)16-8-2-1-4-11(16)10-15-7-3-6-14-15/h3,6-7,11-12H,1-2,4-5,8-10H2/t11-,12-/m0/s1. The number of carbonyl (C=O) groups excluding carboxylic acids is 1. The van der Waals surface area contributed by atoms with Crippen LogP contribution in [0.5, 0.6) is 0 Å². The van der Waals surface area contributed by atoms with Crippen LogP contribution in [0.1, 0.15) is 25.7 Å². The summed E-state index contributed by atoms with van der Waals surface area (Å²) in [5.74, 6) is -0.0395. The van der Waals surface area contributed by atoms with E-state index in [-0.39, 0.29) is 12.0 Å². The van der Waals surface area contributed by atoms with E-state index < -0.39 is 0 Å². The number of nitrogens with zero attached hydrogens (tertiary/aromatic N) is 3. The van der Waals surface area contributed by atoms with Crippen molar-refractivity contribution in [3.63, 3.8) is 0 Å². The highest BCUT2D eigenvalue weighted by Crippen LogP contribution is 2.25. The largest absolute Gasteiger partial charge is 0.464 e. The zero-order chi connectivity index (χ0) is 12.4. The molecule has 0 aliphatic carbocycles. The fraction of sp³-hybridized carbons (Fsp3) is 0.692. The van der Waals surface area contributed by atoms with Gasteiger partial charge in [-0.05, 0) is 25.5 Å². The molecule has 1 aromatic heterocycles. The fourth-order valence-corrected chi connectivity index (χ4v) is 3.04. The molecule has 98 valence electrons. The van der Waals surface area contributed by atoms with Crippen LogP contribution in [-0.4, -0.2) is 45.9 Å². The third-order valence-corrected chi connectivity index (χ3v) is 3.94. The lowest BCUT2D eigenvalue weighted by atomic mass is 9.99. The summed E-state index contributed by atoms with van der Waals surface area (Å²) in [6.07, 6.45) is 8.19. The summed E-state index contributed by atoms with van der Waals surface area (Å²) < 4.78 is 7.06. The van der Waals surface area contributed by atoms with Gasteiger partial charge in [-0.3, -0.25) is 14.4 Å². The van der Waals surface area contributed by atoms with Crippen LogP contribution in [0.4, 0.5) is 0 Å². The SMILES string of the molecule is O=C1OCC[C@@H]1N1CCCC[C@H]1Cn1cccn1. The average molecular weight is 249 g/mol. The van der Waals surface area contributed by atoms with Crippen LogP contribution in [0.15, 0.2) is 18.5 Å². The van der Waals surface area contributed by atoms with Gasteiger partial charge in [0, 0.05) is 24.9 Å². The molecule has 0 amide bonds. The molecule has 0 radical (unpaired) electrons. The Morgan fingerprint density at radius 2 is 2.33 bits per heavy atom. The van der Waals surface area contributed by atoms with Crippen molar-refractivity contribution in [2.45, 2.75) is 44.3 Å². The van der Waals surface area contributed by atoms with Gasteiger partial charge in [-0.2, -0.15) is 5.10 Å². The van der Waals surface area contributed by atoms with E-state index in [0.717, 1.165) is 25.9 Å². The van der Waals surface area contributed by atoms with Crippen LogP contribution in [0.3, 0.4) is 0 Å². The third kappa shape index (κ3) is 2.27.